The number of para-hydroxylation sites is 1. The average molecular weight is 432 g/mol. The minimum absolute atomic E-state index is 0.0116. The molecule has 2 heterocycles. The first-order valence-corrected chi connectivity index (χ1v) is 9.86. The number of nitrogens with one attached hydrogen (secondary N) is 1. The third-order valence-corrected chi connectivity index (χ3v) is 5.86. The quantitative estimate of drug-likeness (QED) is 0.600. The first-order chi connectivity index (χ1) is 14.3. The topological polar surface area (TPSA) is 68.3 Å². The number of carbonyl (C=O) groups is 2. The van der Waals surface area contributed by atoms with Crippen molar-refractivity contribution in [2.75, 3.05) is 5.32 Å². The fourth-order valence-electron chi connectivity index (χ4n) is 3.11. The van der Waals surface area contributed by atoms with Gasteiger partial charge in [0.15, 0.2) is 0 Å². The van der Waals surface area contributed by atoms with Crippen LogP contribution in [0.15, 0.2) is 59.6 Å². The summed E-state index contributed by atoms with van der Waals surface area (Å²) in [6.45, 7) is 0.0116. The van der Waals surface area contributed by atoms with E-state index < -0.39 is 28.9 Å². The number of rotatable bonds is 4. The Morgan fingerprint density at radius 2 is 1.97 bits per heavy atom. The van der Waals surface area contributed by atoms with Crippen LogP contribution in [0, 0.1) is 0 Å². The van der Waals surface area contributed by atoms with E-state index in [0.717, 1.165) is 40.4 Å². The number of hydrogen-bond donors (Lipinski definition) is 1. The molecule has 4 rings (SSSR count). The molecular weight excluding hydrogens is 417 g/mol. The smallest absolute Gasteiger partial charge is 0.416 e. The van der Waals surface area contributed by atoms with Gasteiger partial charge in [-0.1, -0.05) is 24.3 Å². The maximum atomic E-state index is 12.8. The first kappa shape index (κ1) is 20.2. The van der Waals surface area contributed by atoms with Crippen LogP contribution < -0.4 is 5.32 Å². The van der Waals surface area contributed by atoms with Crippen LogP contribution in [-0.2, 0) is 27.1 Å². The van der Waals surface area contributed by atoms with E-state index in [1.807, 2.05) is 24.3 Å². The monoisotopic (exact) mass is 432 g/mol. The number of alkyl halides is 3. The van der Waals surface area contributed by atoms with Crippen LogP contribution in [0.5, 0.6) is 0 Å². The summed E-state index contributed by atoms with van der Waals surface area (Å²) in [6, 6.07) is 12.4. The number of hydrogen-bond acceptors (Lipinski definition) is 5. The standard InChI is InChI=1S/C21H15F3N2O3S/c22-21(23,24)14-6-7-16-15(9-14)26-20(28)17(30-16)10-18(27)29-11-13-4-1-3-12-5-2-8-25-19(12)13/h1-9,17H,10-11H2,(H,26,28). The number of ether oxygens (including phenoxy) is 1. The second-order valence-electron chi connectivity index (χ2n) is 6.66. The van der Waals surface area contributed by atoms with Gasteiger partial charge in [-0.25, -0.2) is 0 Å². The molecule has 2 aromatic carbocycles. The van der Waals surface area contributed by atoms with Crippen LogP contribution in [0.3, 0.4) is 0 Å². The number of nitrogens with zero attached hydrogens (tertiary/aromatic N) is 1. The van der Waals surface area contributed by atoms with Gasteiger partial charge in [-0.2, -0.15) is 13.2 Å². The van der Waals surface area contributed by atoms with Crippen molar-refractivity contribution in [1.82, 2.24) is 4.98 Å². The minimum Gasteiger partial charge on any atom is -0.461 e. The Morgan fingerprint density at radius 1 is 1.17 bits per heavy atom. The van der Waals surface area contributed by atoms with E-state index in [9.17, 15) is 22.8 Å². The van der Waals surface area contributed by atoms with E-state index >= 15 is 0 Å². The van der Waals surface area contributed by atoms with E-state index in [0.29, 0.717) is 4.90 Å². The molecule has 1 N–H and O–H groups in total. The number of aromatic nitrogens is 1. The largest absolute Gasteiger partial charge is 0.461 e. The molecule has 1 amide bonds. The molecule has 0 aliphatic carbocycles. The van der Waals surface area contributed by atoms with Gasteiger partial charge in [0.05, 0.1) is 28.4 Å². The molecule has 0 bridgehead atoms. The van der Waals surface area contributed by atoms with Gasteiger partial charge in [0.2, 0.25) is 5.91 Å². The van der Waals surface area contributed by atoms with Crippen molar-refractivity contribution < 1.29 is 27.5 Å². The number of amides is 1. The summed E-state index contributed by atoms with van der Waals surface area (Å²) < 4.78 is 43.8. The summed E-state index contributed by atoms with van der Waals surface area (Å²) in [4.78, 5) is 29.3. The lowest BCUT2D eigenvalue weighted by molar-refractivity contribution is -0.145. The van der Waals surface area contributed by atoms with Crippen molar-refractivity contribution in [3.63, 3.8) is 0 Å². The highest BCUT2D eigenvalue weighted by Gasteiger charge is 2.34. The molecule has 1 unspecified atom stereocenters. The zero-order valence-electron chi connectivity index (χ0n) is 15.4. The fourth-order valence-corrected chi connectivity index (χ4v) is 4.19. The van der Waals surface area contributed by atoms with Crippen molar-refractivity contribution in [3.05, 3.63) is 65.9 Å². The van der Waals surface area contributed by atoms with Crippen molar-refractivity contribution >= 4 is 40.2 Å². The van der Waals surface area contributed by atoms with Gasteiger partial charge < -0.3 is 10.1 Å². The molecule has 1 aromatic heterocycles. The Balaban J connectivity index is 1.41. The number of pyridine rings is 1. The number of fused-ring (bicyclic) bond motifs is 2. The second kappa shape index (κ2) is 7.98. The molecule has 30 heavy (non-hydrogen) atoms. The number of anilines is 1. The van der Waals surface area contributed by atoms with Gasteiger partial charge in [-0.3, -0.25) is 14.6 Å². The van der Waals surface area contributed by atoms with Gasteiger partial charge in [-0.15, -0.1) is 11.8 Å². The molecule has 0 saturated heterocycles. The maximum Gasteiger partial charge on any atom is 0.416 e. The number of benzene rings is 2. The Hall–Kier alpha value is -3.07. The molecule has 5 nitrogen and oxygen atoms in total. The Kier molecular flexibility index (Phi) is 5.38. The van der Waals surface area contributed by atoms with Gasteiger partial charge in [0, 0.05) is 22.0 Å². The van der Waals surface area contributed by atoms with Crippen LogP contribution >= 0.6 is 11.8 Å². The van der Waals surface area contributed by atoms with E-state index in [-0.39, 0.29) is 18.7 Å². The molecule has 1 aliphatic rings. The van der Waals surface area contributed by atoms with E-state index in [1.165, 1.54) is 6.07 Å². The van der Waals surface area contributed by atoms with Crippen molar-refractivity contribution in [2.24, 2.45) is 0 Å². The third-order valence-electron chi connectivity index (χ3n) is 4.58. The predicted octanol–water partition coefficient (Wildman–Crippen LogP) is 4.80. The molecule has 0 fully saturated rings. The molecule has 1 atom stereocenters. The molecule has 3 aromatic rings. The van der Waals surface area contributed by atoms with Crippen molar-refractivity contribution in [3.8, 4) is 0 Å². The summed E-state index contributed by atoms with van der Waals surface area (Å²) >= 11 is 1.04. The summed E-state index contributed by atoms with van der Waals surface area (Å²) in [5.74, 6) is -1.11. The molecule has 154 valence electrons. The van der Waals surface area contributed by atoms with Crippen LogP contribution in [0.1, 0.15) is 17.5 Å². The Morgan fingerprint density at radius 3 is 2.77 bits per heavy atom. The maximum absolute atomic E-state index is 12.8. The lowest BCUT2D eigenvalue weighted by Crippen LogP contribution is -2.31. The van der Waals surface area contributed by atoms with Gasteiger partial charge in [0.1, 0.15) is 6.61 Å². The lowest BCUT2D eigenvalue weighted by atomic mass is 10.1. The molecule has 9 heteroatoms. The van der Waals surface area contributed by atoms with Gasteiger partial charge >= 0.3 is 12.1 Å². The van der Waals surface area contributed by atoms with Crippen molar-refractivity contribution in [2.45, 2.75) is 29.3 Å². The highest BCUT2D eigenvalue weighted by atomic mass is 32.2. The minimum atomic E-state index is -4.50. The van der Waals surface area contributed by atoms with Crippen LogP contribution in [0.4, 0.5) is 18.9 Å². The number of carbonyl (C=O) groups excluding carboxylic acids is 2. The molecule has 0 saturated carbocycles. The van der Waals surface area contributed by atoms with E-state index in [1.54, 1.807) is 12.3 Å². The van der Waals surface area contributed by atoms with Gasteiger partial charge in [0.25, 0.3) is 0 Å². The predicted molar refractivity (Wildman–Crippen MR) is 106 cm³/mol. The summed E-state index contributed by atoms with van der Waals surface area (Å²) in [5.41, 5.74) is 0.717. The van der Waals surface area contributed by atoms with E-state index in [2.05, 4.69) is 10.3 Å². The highest BCUT2D eigenvalue weighted by Crippen LogP contribution is 2.40. The highest BCUT2D eigenvalue weighted by molar-refractivity contribution is 8.01. The van der Waals surface area contributed by atoms with Crippen LogP contribution in [0.25, 0.3) is 10.9 Å². The summed E-state index contributed by atoms with van der Waals surface area (Å²) in [7, 11) is 0. The van der Waals surface area contributed by atoms with Gasteiger partial charge in [-0.05, 0) is 24.3 Å². The average Bonchev–Trinajstić information content (AvgIpc) is 2.71. The lowest BCUT2D eigenvalue weighted by Gasteiger charge is -2.24. The van der Waals surface area contributed by atoms with Crippen molar-refractivity contribution in [1.29, 1.82) is 0 Å². The second-order valence-corrected chi connectivity index (χ2v) is 7.91. The Labute approximate surface area is 173 Å². The molecule has 0 spiro atoms. The third kappa shape index (κ3) is 4.25. The first-order valence-electron chi connectivity index (χ1n) is 8.98. The normalized spacial score (nSPS) is 16.1. The van der Waals surface area contributed by atoms with Crippen LogP contribution in [-0.4, -0.2) is 22.1 Å². The summed E-state index contributed by atoms with van der Waals surface area (Å²) in [5, 5.41) is 2.58. The number of esters is 1. The number of halogens is 3. The summed E-state index contributed by atoms with van der Waals surface area (Å²) in [6.07, 6.45) is -3.05. The molecule has 0 radical (unpaired) electrons. The fraction of sp³-hybridized carbons (Fsp3) is 0.190. The molecule has 1 aliphatic heterocycles. The zero-order chi connectivity index (χ0) is 21.3. The molecular formula is C21H15F3N2O3S. The number of thioether (sulfide) groups is 1. The zero-order valence-corrected chi connectivity index (χ0v) is 16.2. The Bertz CT molecular complexity index is 1130. The van der Waals surface area contributed by atoms with Crippen LogP contribution in [0.2, 0.25) is 0 Å². The van der Waals surface area contributed by atoms with E-state index in [4.69, 9.17) is 4.74 Å². The SMILES string of the molecule is O=C(CC1Sc2ccc(C(F)(F)F)cc2NC1=O)OCc1cccc2cccnc12.